The van der Waals surface area contributed by atoms with Crippen molar-refractivity contribution in [3.63, 3.8) is 0 Å². The van der Waals surface area contributed by atoms with Crippen LogP contribution in [0.25, 0.3) is 0 Å². The Labute approximate surface area is 291 Å². The zero-order valence-corrected chi connectivity index (χ0v) is 29.0. The molecular formula is C33H49N9O6S. The maximum absolute atomic E-state index is 14.0. The second kappa shape index (κ2) is 21.4. The van der Waals surface area contributed by atoms with Gasteiger partial charge in [0.15, 0.2) is 5.82 Å². The summed E-state index contributed by atoms with van der Waals surface area (Å²) in [5.74, 6) is 3.13. The van der Waals surface area contributed by atoms with E-state index in [4.69, 9.17) is 17.3 Å². The van der Waals surface area contributed by atoms with Crippen molar-refractivity contribution >= 4 is 53.5 Å². The van der Waals surface area contributed by atoms with E-state index in [1.165, 1.54) is 30.1 Å². The van der Waals surface area contributed by atoms with Crippen molar-refractivity contribution in [2.45, 2.75) is 76.5 Å². The molecule has 1 heterocycles. The van der Waals surface area contributed by atoms with Crippen molar-refractivity contribution in [2.75, 3.05) is 23.6 Å². The molecule has 10 N–H and O–H groups in total. The summed E-state index contributed by atoms with van der Waals surface area (Å²) in [7, 11) is 0. The van der Waals surface area contributed by atoms with Crippen molar-refractivity contribution < 1.29 is 28.8 Å². The number of nitrogens with one attached hydrogen (secondary N) is 4. The Bertz CT molecular complexity index is 1400. The number of aromatic nitrogens is 1. The summed E-state index contributed by atoms with van der Waals surface area (Å²) < 4.78 is 0. The van der Waals surface area contributed by atoms with E-state index in [2.05, 4.69) is 26.3 Å². The van der Waals surface area contributed by atoms with Gasteiger partial charge < -0.3 is 32.7 Å². The normalized spacial score (nSPS) is 13.3. The lowest BCUT2D eigenvalue weighted by atomic mass is 10.00. The number of amides is 6. The average molecular weight is 700 g/mol. The minimum atomic E-state index is -1.18. The molecule has 1 aromatic carbocycles. The van der Waals surface area contributed by atoms with E-state index in [-0.39, 0.29) is 36.6 Å². The number of hydrogen-bond acceptors (Lipinski definition) is 10. The maximum atomic E-state index is 14.0. The molecule has 0 aliphatic rings. The summed E-state index contributed by atoms with van der Waals surface area (Å²) >= 11 is 1.51. The molecule has 49 heavy (non-hydrogen) atoms. The predicted octanol–water partition coefficient (Wildman–Crippen LogP) is 0.127. The largest absolute Gasteiger partial charge is 0.365 e. The van der Waals surface area contributed by atoms with Gasteiger partial charge in [-0.05, 0) is 74.3 Å². The first-order chi connectivity index (χ1) is 23.4. The van der Waals surface area contributed by atoms with E-state index < -0.39 is 53.7 Å². The number of primary amides is 1. The van der Waals surface area contributed by atoms with Crippen LogP contribution in [0.15, 0.2) is 48.7 Å². The van der Waals surface area contributed by atoms with E-state index in [1.54, 1.807) is 24.3 Å². The number of unbranched alkanes of at least 4 members (excludes halogenated alkanes) is 1. The summed E-state index contributed by atoms with van der Waals surface area (Å²) in [6.45, 7) is 4.12. The molecule has 0 fully saturated rings. The Balaban J connectivity index is 2.39. The first-order valence-corrected chi connectivity index (χ1v) is 17.5. The number of rotatable bonds is 22. The van der Waals surface area contributed by atoms with Crippen LogP contribution in [0.1, 0.15) is 61.9 Å². The monoisotopic (exact) mass is 699 g/mol. The van der Waals surface area contributed by atoms with Gasteiger partial charge in [0.05, 0.1) is 5.56 Å². The maximum Gasteiger partial charge on any atom is 0.265 e. The van der Waals surface area contributed by atoms with Crippen molar-refractivity contribution in [1.82, 2.24) is 26.3 Å². The Hall–Kier alpha value is -4.54. The molecule has 6 amide bonds. The molecule has 4 unspecified atom stereocenters. The molecule has 1 aromatic heterocycles. The molecular weight excluding hydrogens is 650 g/mol. The number of pyridine rings is 1. The zero-order valence-electron chi connectivity index (χ0n) is 28.2. The number of carbonyl (C=O) groups is 6. The first-order valence-electron chi connectivity index (χ1n) is 16.1. The number of anilines is 1. The van der Waals surface area contributed by atoms with Gasteiger partial charge in [-0.3, -0.25) is 28.8 Å². The minimum absolute atomic E-state index is 0.0156. The second-order valence-corrected chi connectivity index (χ2v) is 12.8. The molecule has 0 bridgehead atoms. The minimum Gasteiger partial charge on any atom is -0.365 e. The SMILES string of the molecule is CSCCC(NC=O)C(=O)NC(CC(C)C)C(=O)NC(Cc1ccccc1)C(=O)NC(CCCCN)C(=O)N(N)c1ncccc1C(N)=O. The highest BCUT2D eigenvalue weighted by molar-refractivity contribution is 7.98. The lowest BCUT2D eigenvalue weighted by Crippen LogP contribution is -2.59. The Morgan fingerprint density at radius 2 is 1.51 bits per heavy atom. The topological polar surface area (TPSA) is 245 Å². The van der Waals surface area contributed by atoms with Crippen LogP contribution in [0.5, 0.6) is 0 Å². The Morgan fingerprint density at radius 3 is 2.12 bits per heavy atom. The standard InChI is InChI=1S/C33H49N9O6S/c1-21(2)18-26(40-30(45)24(38-20-43)14-17-49-3)31(46)41-27(19-22-10-5-4-6-11-22)32(47)39-25(13-7-8-15-34)33(48)42(36)29-23(28(35)44)12-9-16-37-29/h4-6,9-12,16,20-21,24-27H,7-8,13-15,17-19,34,36H2,1-3H3,(H2,35,44)(H,38,43)(H,39,47)(H,40,45)(H,41,46). The van der Waals surface area contributed by atoms with E-state index in [1.807, 2.05) is 26.2 Å². The molecule has 268 valence electrons. The summed E-state index contributed by atoms with van der Waals surface area (Å²) in [4.78, 5) is 81.8. The second-order valence-electron chi connectivity index (χ2n) is 11.9. The van der Waals surface area contributed by atoms with Crippen LogP contribution in [0.2, 0.25) is 0 Å². The highest BCUT2D eigenvalue weighted by Gasteiger charge is 2.33. The number of thioether (sulfide) groups is 1. The fourth-order valence-electron chi connectivity index (χ4n) is 4.99. The lowest BCUT2D eigenvalue weighted by molar-refractivity contribution is -0.134. The lowest BCUT2D eigenvalue weighted by Gasteiger charge is -2.28. The fraction of sp³-hybridized carbons (Fsp3) is 0.485. The fourth-order valence-corrected chi connectivity index (χ4v) is 5.46. The van der Waals surface area contributed by atoms with E-state index in [0.29, 0.717) is 43.0 Å². The average Bonchev–Trinajstić information content (AvgIpc) is 3.08. The van der Waals surface area contributed by atoms with Gasteiger partial charge in [-0.15, -0.1) is 0 Å². The Kier molecular flexibility index (Phi) is 17.8. The van der Waals surface area contributed by atoms with E-state index in [9.17, 15) is 28.8 Å². The molecule has 0 saturated heterocycles. The third kappa shape index (κ3) is 13.5. The van der Waals surface area contributed by atoms with Crippen molar-refractivity contribution in [2.24, 2.45) is 23.2 Å². The highest BCUT2D eigenvalue weighted by Crippen LogP contribution is 2.17. The van der Waals surface area contributed by atoms with Crippen molar-refractivity contribution in [3.8, 4) is 0 Å². The smallest absolute Gasteiger partial charge is 0.265 e. The van der Waals surface area contributed by atoms with Gasteiger partial charge in [0.1, 0.15) is 24.2 Å². The van der Waals surface area contributed by atoms with Gasteiger partial charge in [0, 0.05) is 12.6 Å². The molecule has 0 aliphatic heterocycles. The van der Waals surface area contributed by atoms with Crippen LogP contribution in [-0.4, -0.2) is 83.7 Å². The first kappa shape index (κ1) is 40.6. The number of benzene rings is 1. The Morgan fingerprint density at radius 1 is 0.878 bits per heavy atom. The predicted molar refractivity (Wildman–Crippen MR) is 189 cm³/mol. The van der Waals surface area contributed by atoms with Gasteiger partial charge in [-0.2, -0.15) is 11.8 Å². The molecule has 0 spiro atoms. The summed E-state index contributed by atoms with van der Waals surface area (Å²) in [5.41, 5.74) is 11.8. The summed E-state index contributed by atoms with van der Waals surface area (Å²) in [6, 6.07) is 7.59. The molecule has 16 heteroatoms. The van der Waals surface area contributed by atoms with Gasteiger partial charge in [-0.25, -0.2) is 15.8 Å². The van der Waals surface area contributed by atoms with E-state index >= 15 is 0 Å². The summed E-state index contributed by atoms with van der Waals surface area (Å²) in [5, 5.41) is 11.4. The highest BCUT2D eigenvalue weighted by atomic mass is 32.2. The molecule has 4 atom stereocenters. The molecule has 0 saturated carbocycles. The number of nitrogens with zero attached hydrogens (tertiary/aromatic N) is 2. The van der Waals surface area contributed by atoms with Crippen LogP contribution in [0, 0.1) is 5.92 Å². The van der Waals surface area contributed by atoms with Gasteiger partial charge >= 0.3 is 0 Å². The van der Waals surface area contributed by atoms with Crippen molar-refractivity contribution in [1.29, 1.82) is 0 Å². The van der Waals surface area contributed by atoms with E-state index in [0.717, 1.165) is 5.56 Å². The van der Waals surface area contributed by atoms with Crippen molar-refractivity contribution in [3.05, 3.63) is 59.8 Å². The third-order valence-electron chi connectivity index (χ3n) is 7.53. The molecule has 2 rings (SSSR count). The quantitative estimate of drug-likeness (QED) is 0.0288. The third-order valence-corrected chi connectivity index (χ3v) is 8.18. The van der Waals surface area contributed by atoms with Crippen LogP contribution < -0.4 is 43.6 Å². The van der Waals surface area contributed by atoms with Crippen LogP contribution in [-0.2, 0) is 30.4 Å². The number of nitrogens with two attached hydrogens (primary N) is 3. The summed E-state index contributed by atoms with van der Waals surface area (Å²) in [6.07, 6.45) is 5.49. The van der Waals surface area contributed by atoms with Crippen LogP contribution in [0.3, 0.4) is 0 Å². The molecule has 2 aromatic rings. The van der Waals surface area contributed by atoms with Gasteiger partial charge in [0.25, 0.3) is 11.8 Å². The van der Waals surface area contributed by atoms with Crippen LogP contribution >= 0.6 is 11.8 Å². The molecule has 0 radical (unpaired) electrons. The molecule has 15 nitrogen and oxygen atoms in total. The number of hydrogen-bond donors (Lipinski definition) is 7. The molecule has 0 aliphatic carbocycles. The number of hydrazine groups is 1. The number of carbonyl (C=O) groups excluding carboxylic acids is 6. The zero-order chi connectivity index (χ0) is 36.3. The van der Waals surface area contributed by atoms with Gasteiger partial charge in [-0.1, -0.05) is 44.2 Å². The van der Waals surface area contributed by atoms with Crippen LogP contribution in [0.4, 0.5) is 5.82 Å². The van der Waals surface area contributed by atoms with Gasteiger partial charge in [0.2, 0.25) is 24.1 Å².